The predicted molar refractivity (Wildman–Crippen MR) is 121 cm³/mol. The second-order valence-corrected chi connectivity index (χ2v) is 8.27. The van der Waals surface area contributed by atoms with Gasteiger partial charge in [0.1, 0.15) is 0 Å². The van der Waals surface area contributed by atoms with Crippen molar-refractivity contribution in [2.75, 3.05) is 5.32 Å². The molecule has 3 rings (SSSR count). The lowest BCUT2D eigenvalue weighted by Crippen LogP contribution is -2.23. The van der Waals surface area contributed by atoms with Gasteiger partial charge in [0.2, 0.25) is 5.91 Å². The van der Waals surface area contributed by atoms with E-state index in [1.165, 1.54) is 18.7 Å². The Morgan fingerprint density at radius 3 is 2.67 bits per heavy atom. The molecule has 2 aromatic carbocycles. The summed E-state index contributed by atoms with van der Waals surface area (Å²) in [6, 6.07) is 15.0. The van der Waals surface area contributed by atoms with Crippen LogP contribution in [0.3, 0.4) is 0 Å². The van der Waals surface area contributed by atoms with E-state index in [1.54, 1.807) is 30.3 Å². The Morgan fingerprint density at radius 2 is 1.97 bits per heavy atom. The molecule has 1 N–H and O–H groups in total. The molecule has 0 aliphatic heterocycles. The van der Waals surface area contributed by atoms with E-state index in [2.05, 4.69) is 28.2 Å². The zero-order valence-corrected chi connectivity index (χ0v) is 18.1. The van der Waals surface area contributed by atoms with Crippen LogP contribution in [-0.4, -0.2) is 31.7 Å². The number of hydrogen-bond donors (Lipinski definition) is 1. The van der Waals surface area contributed by atoms with Crippen LogP contribution in [0, 0.1) is 6.92 Å². The van der Waals surface area contributed by atoms with Gasteiger partial charge in [-0.15, -0.1) is 16.8 Å². The smallest absolute Gasteiger partial charge is 0.237 e. The first-order valence-electron chi connectivity index (χ1n) is 9.58. The molecule has 30 heavy (non-hydrogen) atoms. The summed E-state index contributed by atoms with van der Waals surface area (Å²) in [7, 11) is 0. The maximum Gasteiger partial charge on any atom is 0.237 e. The van der Waals surface area contributed by atoms with Gasteiger partial charge in [-0.05, 0) is 39.0 Å². The minimum Gasteiger partial charge on any atom is -0.325 e. The lowest BCUT2D eigenvalue weighted by Gasteiger charge is -2.13. The summed E-state index contributed by atoms with van der Waals surface area (Å²) in [6.07, 6.45) is 1.78. The molecule has 1 atom stereocenters. The number of benzene rings is 2. The van der Waals surface area contributed by atoms with Crippen molar-refractivity contribution in [1.82, 2.24) is 14.8 Å². The number of hydrogen-bond acceptors (Lipinski definition) is 5. The van der Waals surface area contributed by atoms with Crippen LogP contribution >= 0.6 is 11.8 Å². The third-order valence-electron chi connectivity index (χ3n) is 4.49. The normalized spacial score (nSPS) is 11.7. The van der Waals surface area contributed by atoms with E-state index >= 15 is 0 Å². The van der Waals surface area contributed by atoms with Gasteiger partial charge in [-0.25, -0.2) is 0 Å². The standard InChI is InChI=1S/C23H24N4O2S/c1-5-12-27-21(19-10-6-8-15(2)13-19)25-26-23(27)30-17(4)22(29)24-20-11-7-9-18(14-20)16(3)28/h5-11,13-14,17H,1,12H2,2-4H3,(H,24,29). The minimum absolute atomic E-state index is 0.0465. The van der Waals surface area contributed by atoms with E-state index in [-0.39, 0.29) is 11.7 Å². The Bertz CT molecular complexity index is 1090. The van der Waals surface area contributed by atoms with Gasteiger partial charge in [-0.3, -0.25) is 14.2 Å². The minimum atomic E-state index is -0.413. The van der Waals surface area contributed by atoms with Crippen LogP contribution in [0.2, 0.25) is 0 Å². The van der Waals surface area contributed by atoms with E-state index in [0.717, 1.165) is 17.0 Å². The Labute approximate surface area is 180 Å². The molecular weight excluding hydrogens is 396 g/mol. The topological polar surface area (TPSA) is 76.9 Å². The molecule has 0 saturated heterocycles. The number of aryl methyl sites for hydroxylation is 1. The van der Waals surface area contributed by atoms with E-state index < -0.39 is 5.25 Å². The number of allylic oxidation sites excluding steroid dienone is 1. The Balaban J connectivity index is 1.78. The molecule has 0 radical (unpaired) electrons. The lowest BCUT2D eigenvalue weighted by molar-refractivity contribution is -0.115. The molecule has 0 aliphatic rings. The number of nitrogens with zero attached hydrogens (tertiary/aromatic N) is 3. The van der Waals surface area contributed by atoms with Gasteiger partial charge >= 0.3 is 0 Å². The molecule has 154 valence electrons. The predicted octanol–water partition coefficient (Wildman–Crippen LogP) is 4.76. The summed E-state index contributed by atoms with van der Waals surface area (Å²) in [6.45, 7) is 9.70. The zero-order valence-electron chi connectivity index (χ0n) is 17.3. The first-order valence-corrected chi connectivity index (χ1v) is 10.5. The molecule has 1 unspecified atom stereocenters. The lowest BCUT2D eigenvalue weighted by atomic mass is 10.1. The maximum atomic E-state index is 12.7. The Kier molecular flexibility index (Phi) is 6.84. The highest BCUT2D eigenvalue weighted by atomic mass is 32.2. The van der Waals surface area contributed by atoms with E-state index in [1.807, 2.05) is 36.6 Å². The van der Waals surface area contributed by atoms with Gasteiger partial charge in [-0.1, -0.05) is 53.7 Å². The van der Waals surface area contributed by atoms with Crippen molar-refractivity contribution in [1.29, 1.82) is 0 Å². The fourth-order valence-electron chi connectivity index (χ4n) is 2.94. The van der Waals surface area contributed by atoms with Gasteiger partial charge in [0.15, 0.2) is 16.8 Å². The van der Waals surface area contributed by atoms with Crippen molar-refractivity contribution in [2.45, 2.75) is 37.7 Å². The quantitative estimate of drug-likeness (QED) is 0.323. The molecule has 6 nitrogen and oxygen atoms in total. The number of carbonyl (C=O) groups excluding carboxylic acids is 2. The number of ketones is 1. The van der Waals surface area contributed by atoms with E-state index in [4.69, 9.17) is 0 Å². The van der Waals surface area contributed by atoms with Crippen LogP contribution in [-0.2, 0) is 11.3 Å². The number of nitrogens with one attached hydrogen (secondary N) is 1. The number of Topliss-reactive ketones (excluding diaryl/α,β-unsaturated/α-hetero) is 1. The van der Waals surface area contributed by atoms with Crippen molar-refractivity contribution in [3.05, 3.63) is 72.3 Å². The molecule has 1 amide bonds. The van der Waals surface area contributed by atoms with Crippen LogP contribution in [0.4, 0.5) is 5.69 Å². The average molecular weight is 421 g/mol. The van der Waals surface area contributed by atoms with Gasteiger partial charge < -0.3 is 5.32 Å². The monoisotopic (exact) mass is 420 g/mol. The highest BCUT2D eigenvalue weighted by Crippen LogP contribution is 2.28. The third-order valence-corrected chi connectivity index (χ3v) is 5.57. The first kappa shape index (κ1) is 21.5. The van der Waals surface area contributed by atoms with E-state index in [0.29, 0.717) is 23.0 Å². The highest BCUT2D eigenvalue weighted by Gasteiger charge is 2.21. The molecule has 3 aromatic rings. The number of rotatable bonds is 8. The van der Waals surface area contributed by atoms with Crippen molar-refractivity contribution >= 4 is 29.1 Å². The third kappa shape index (κ3) is 5.04. The first-order chi connectivity index (χ1) is 14.4. The van der Waals surface area contributed by atoms with Crippen molar-refractivity contribution < 1.29 is 9.59 Å². The summed E-state index contributed by atoms with van der Waals surface area (Å²) < 4.78 is 1.95. The van der Waals surface area contributed by atoms with Crippen molar-refractivity contribution in [3.63, 3.8) is 0 Å². The average Bonchev–Trinajstić information content (AvgIpc) is 3.10. The van der Waals surface area contributed by atoms with Gasteiger partial charge in [0.25, 0.3) is 0 Å². The van der Waals surface area contributed by atoms with Crippen LogP contribution in [0.25, 0.3) is 11.4 Å². The second-order valence-electron chi connectivity index (χ2n) is 6.96. The summed E-state index contributed by atoms with van der Waals surface area (Å²) in [5.74, 6) is 0.517. The van der Waals surface area contributed by atoms with Gasteiger partial charge in [0.05, 0.1) is 5.25 Å². The number of thioether (sulfide) groups is 1. The molecule has 1 aromatic heterocycles. The molecular formula is C23H24N4O2S. The van der Waals surface area contributed by atoms with Crippen LogP contribution < -0.4 is 5.32 Å². The second kappa shape index (κ2) is 9.54. The molecule has 0 saturated carbocycles. The largest absolute Gasteiger partial charge is 0.325 e. The number of amides is 1. The van der Waals surface area contributed by atoms with Crippen molar-refractivity contribution in [2.24, 2.45) is 0 Å². The van der Waals surface area contributed by atoms with Crippen LogP contribution in [0.5, 0.6) is 0 Å². The number of carbonyl (C=O) groups is 2. The van der Waals surface area contributed by atoms with Crippen LogP contribution in [0.15, 0.2) is 66.3 Å². The zero-order chi connectivity index (χ0) is 21.7. The van der Waals surface area contributed by atoms with Gasteiger partial charge in [0, 0.05) is 23.4 Å². The van der Waals surface area contributed by atoms with Gasteiger partial charge in [-0.2, -0.15) is 0 Å². The maximum absolute atomic E-state index is 12.7. The van der Waals surface area contributed by atoms with E-state index in [9.17, 15) is 9.59 Å². The Hall–Kier alpha value is -3.19. The molecule has 7 heteroatoms. The fourth-order valence-corrected chi connectivity index (χ4v) is 3.80. The molecule has 1 heterocycles. The number of aromatic nitrogens is 3. The fraction of sp³-hybridized carbons (Fsp3) is 0.217. The Morgan fingerprint density at radius 1 is 1.20 bits per heavy atom. The molecule has 0 aliphatic carbocycles. The summed E-state index contributed by atoms with van der Waals surface area (Å²) in [5, 5.41) is 11.8. The molecule has 0 bridgehead atoms. The number of anilines is 1. The molecule has 0 fully saturated rings. The molecule has 0 spiro atoms. The highest BCUT2D eigenvalue weighted by molar-refractivity contribution is 8.00. The van der Waals surface area contributed by atoms with Crippen molar-refractivity contribution in [3.8, 4) is 11.4 Å². The van der Waals surface area contributed by atoms with Crippen LogP contribution in [0.1, 0.15) is 29.8 Å². The summed E-state index contributed by atoms with van der Waals surface area (Å²) >= 11 is 1.33. The summed E-state index contributed by atoms with van der Waals surface area (Å²) in [5.41, 5.74) is 3.25. The SMILES string of the molecule is C=CCn1c(SC(C)C(=O)Nc2cccc(C(C)=O)c2)nnc1-c1cccc(C)c1. The summed E-state index contributed by atoms with van der Waals surface area (Å²) in [4.78, 5) is 24.2.